The minimum atomic E-state index is -4.34. The number of alkyl halides is 3. The maximum absolute atomic E-state index is 12.6. The van der Waals surface area contributed by atoms with E-state index in [0.717, 1.165) is 49.7 Å². The van der Waals surface area contributed by atoms with Gasteiger partial charge in [-0.15, -0.1) is 0 Å². The minimum Gasteiger partial charge on any atom is -0.360 e. The van der Waals surface area contributed by atoms with E-state index in [1.807, 2.05) is 18.2 Å². The second-order valence-corrected chi connectivity index (χ2v) is 8.84. The molecular formula is C20H17F3N4OS2. The molecule has 2 aromatic carbocycles. The zero-order valence-electron chi connectivity index (χ0n) is 15.5. The van der Waals surface area contributed by atoms with E-state index >= 15 is 0 Å². The molecule has 0 amide bonds. The number of halogens is 3. The van der Waals surface area contributed by atoms with E-state index in [1.54, 1.807) is 6.20 Å². The third kappa shape index (κ3) is 4.72. The zero-order valence-corrected chi connectivity index (χ0v) is 17.1. The number of thiazole rings is 2. The lowest BCUT2D eigenvalue weighted by atomic mass is 10.0. The van der Waals surface area contributed by atoms with Crippen LogP contribution in [0.25, 0.3) is 20.7 Å². The van der Waals surface area contributed by atoms with Gasteiger partial charge in [0.05, 0.1) is 20.7 Å². The number of aromatic nitrogens is 2. The monoisotopic (exact) mass is 450 g/mol. The quantitative estimate of drug-likeness (QED) is 0.397. The number of H-pyrrole nitrogens is 1. The van der Waals surface area contributed by atoms with Gasteiger partial charge in [0.2, 0.25) is 0 Å². The summed E-state index contributed by atoms with van der Waals surface area (Å²) < 4.78 is 38.8. The van der Waals surface area contributed by atoms with Gasteiger partial charge in [0.25, 0.3) is 0 Å². The third-order valence-electron chi connectivity index (χ3n) is 4.51. The van der Waals surface area contributed by atoms with E-state index in [-0.39, 0.29) is 10.9 Å². The first-order valence-electron chi connectivity index (χ1n) is 9.02. The molecule has 2 heterocycles. The molecular weight excluding hydrogens is 433 g/mol. The van der Waals surface area contributed by atoms with E-state index in [0.29, 0.717) is 18.1 Å². The molecule has 0 saturated heterocycles. The maximum atomic E-state index is 12.6. The van der Waals surface area contributed by atoms with E-state index in [2.05, 4.69) is 15.3 Å². The second kappa shape index (κ2) is 8.21. The molecule has 0 aliphatic carbocycles. The normalized spacial score (nSPS) is 12.9. The Hall–Kier alpha value is -2.69. The van der Waals surface area contributed by atoms with Gasteiger partial charge < -0.3 is 16.0 Å². The van der Waals surface area contributed by atoms with Crippen molar-refractivity contribution in [2.24, 2.45) is 5.73 Å². The van der Waals surface area contributed by atoms with Gasteiger partial charge in [-0.3, -0.25) is 4.79 Å². The molecule has 156 valence electrons. The van der Waals surface area contributed by atoms with Crippen LogP contribution in [0.15, 0.2) is 53.5 Å². The van der Waals surface area contributed by atoms with Crippen molar-refractivity contribution in [2.75, 3.05) is 11.9 Å². The Balaban J connectivity index is 1.36. The number of aromatic amines is 1. The van der Waals surface area contributed by atoms with Gasteiger partial charge >= 0.3 is 11.0 Å². The van der Waals surface area contributed by atoms with E-state index in [9.17, 15) is 18.0 Å². The predicted molar refractivity (Wildman–Crippen MR) is 115 cm³/mol. The number of hydrogen-bond donors (Lipinski definition) is 3. The zero-order chi connectivity index (χ0) is 21.3. The van der Waals surface area contributed by atoms with Gasteiger partial charge in [-0.25, -0.2) is 4.98 Å². The molecule has 0 radical (unpaired) electrons. The van der Waals surface area contributed by atoms with Crippen LogP contribution in [0.4, 0.5) is 18.3 Å². The highest BCUT2D eigenvalue weighted by molar-refractivity contribution is 7.19. The lowest BCUT2D eigenvalue weighted by Crippen LogP contribution is -2.31. The van der Waals surface area contributed by atoms with Crippen molar-refractivity contribution in [2.45, 2.75) is 18.6 Å². The summed E-state index contributed by atoms with van der Waals surface area (Å²) in [5.74, 6) is 0. The highest BCUT2D eigenvalue weighted by Gasteiger charge is 2.29. The van der Waals surface area contributed by atoms with Crippen LogP contribution in [-0.4, -0.2) is 22.6 Å². The number of fused-ring (bicyclic) bond motifs is 1. The van der Waals surface area contributed by atoms with E-state index in [4.69, 9.17) is 5.73 Å². The fourth-order valence-electron chi connectivity index (χ4n) is 3.01. The van der Waals surface area contributed by atoms with Gasteiger partial charge in [0, 0.05) is 18.8 Å². The molecule has 30 heavy (non-hydrogen) atoms. The smallest absolute Gasteiger partial charge is 0.360 e. The van der Waals surface area contributed by atoms with E-state index in [1.165, 1.54) is 23.5 Å². The lowest BCUT2D eigenvalue weighted by Gasteiger charge is -2.13. The summed E-state index contributed by atoms with van der Waals surface area (Å²) in [7, 11) is 0. The first kappa shape index (κ1) is 20.6. The average Bonchev–Trinajstić information content (AvgIpc) is 3.31. The maximum Gasteiger partial charge on any atom is 0.416 e. The highest BCUT2D eigenvalue weighted by Crippen LogP contribution is 2.31. The Morgan fingerprint density at radius 2 is 1.90 bits per heavy atom. The number of anilines is 1. The first-order valence-corrected chi connectivity index (χ1v) is 10.7. The van der Waals surface area contributed by atoms with Crippen LogP contribution in [0, 0.1) is 0 Å². The van der Waals surface area contributed by atoms with Crippen LogP contribution in [0.5, 0.6) is 0 Å². The van der Waals surface area contributed by atoms with Crippen molar-refractivity contribution in [3.63, 3.8) is 0 Å². The van der Waals surface area contributed by atoms with Gasteiger partial charge in [-0.2, -0.15) is 13.2 Å². The Labute approximate surface area is 177 Å². The largest absolute Gasteiger partial charge is 0.416 e. The SMILES string of the molecule is N[C@@H](CNc1ncc(-c2ccc3[nH]c(=O)sc3c2)s1)Cc1ccc(C(F)(F)F)cc1. The molecule has 0 bridgehead atoms. The van der Waals surface area contributed by atoms with Crippen LogP contribution in [0.3, 0.4) is 0 Å². The molecule has 0 saturated carbocycles. The molecule has 0 spiro atoms. The molecule has 10 heteroatoms. The molecule has 0 aliphatic rings. The fraction of sp³-hybridized carbons (Fsp3) is 0.200. The number of hydrogen-bond acceptors (Lipinski definition) is 6. The van der Waals surface area contributed by atoms with Crippen LogP contribution in [-0.2, 0) is 12.6 Å². The van der Waals surface area contributed by atoms with Crippen LogP contribution >= 0.6 is 22.7 Å². The summed E-state index contributed by atoms with van der Waals surface area (Å²) >= 11 is 2.63. The van der Waals surface area contributed by atoms with Crippen molar-refractivity contribution in [3.8, 4) is 10.4 Å². The van der Waals surface area contributed by atoms with Crippen LogP contribution in [0.2, 0.25) is 0 Å². The minimum absolute atomic E-state index is 0.0872. The molecule has 4 rings (SSSR count). The molecule has 0 aliphatic heterocycles. The summed E-state index contributed by atoms with van der Waals surface area (Å²) in [6.45, 7) is 0.437. The number of nitrogens with zero attached hydrogens (tertiary/aromatic N) is 1. The molecule has 0 fully saturated rings. The molecule has 4 aromatic rings. The summed E-state index contributed by atoms with van der Waals surface area (Å²) in [5, 5.41) is 3.88. The molecule has 4 N–H and O–H groups in total. The standard InChI is InChI=1S/C20H17F3N4OS2/c21-20(22,23)13-4-1-11(2-5-13)7-14(24)9-25-18-26-10-17(29-18)12-3-6-15-16(8-12)30-19(28)27-15/h1-6,8,10,14H,7,9,24H2,(H,25,26)(H,27,28)/t14-/m1/s1. The summed E-state index contributed by atoms with van der Waals surface area (Å²) in [6, 6.07) is 10.5. The van der Waals surface area contributed by atoms with Crippen molar-refractivity contribution in [1.82, 2.24) is 9.97 Å². The van der Waals surface area contributed by atoms with Crippen molar-refractivity contribution >= 4 is 38.0 Å². The Morgan fingerprint density at radius 1 is 1.13 bits per heavy atom. The highest BCUT2D eigenvalue weighted by atomic mass is 32.1. The van der Waals surface area contributed by atoms with Gasteiger partial charge in [-0.05, 0) is 41.8 Å². The number of benzene rings is 2. The molecule has 1 atom stereocenters. The summed E-state index contributed by atoms with van der Waals surface area (Å²) in [4.78, 5) is 19.5. The predicted octanol–water partition coefficient (Wildman–Crippen LogP) is 4.71. The number of nitrogens with one attached hydrogen (secondary N) is 2. The molecule has 5 nitrogen and oxygen atoms in total. The van der Waals surface area contributed by atoms with Gasteiger partial charge in [0.15, 0.2) is 5.13 Å². The Kier molecular flexibility index (Phi) is 5.63. The van der Waals surface area contributed by atoms with Crippen molar-refractivity contribution in [3.05, 3.63) is 69.5 Å². The third-order valence-corrected chi connectivity index (χ3v) is 6.36. The Bertz CT molecular complexity index is 1210. The number of nitrogens with two attached hydrogens (primary N) is 1. The summed E-state index contributed by atoms with van der Waals surface area (Å²) in [5.41, 5.74) is 7.98. The van der Waals surface area contributed by atoms with Gasteiger partial charge in [0.1, 0.15) is 0 Å². The van der Waals surface area contributed by atoms with Gasteiger partial charge in [-0.1, -0.05) is 40.9 Å². The Morgan fingerprint density at radius 3 is 2.63 bits per heavy atom. The van der Waals surface area contributed by atoms with Crippen LogP contribution < -0.4 is 15.9 Å². The first-order chi connectivity index (χ1) is 14.3. The van der Waals surface area contributed by atoms with Crippen molar-refractivity contribution in [1.29, 1.82) is 0 Å². The molecule has 2 aromatic heterocycles. The molecule has 0 unspecified atom stereocenters. The second-order valence-electron chi connectivity index (χ2n) is 6.79. The lowest BCUT2D eigenvalue weighted by molar-refractivity contribution is -0.137. The number of rotatable bonds is 6. The fourth-order valence-corrected chi connectivity index (χ4v) is 4.61. The summed E-state index contributed by atoms with van der Waals surface area (Å²) in [6.07, 6.45) is -2.13. The van der Waals surface area contributed by atoms with Crippen molar-refractivity contribution < 1.29 is 13.2 Å². The van der Waals surface area contributed by atoms with E-state index < -0.39 is 11.7 Å². The average molecular weight is 451 g/mol. The topological polar surface area (TPSA) is 83.8 Å². The van der Waals surface area contributed by atoms with Crippen LogP contribution in [0.1, 0.15) is 11.1 Å².